The molecule has 18 heavy (non-hydrogen) atoms. The van der Waals surface area contributed by atoms with Crippen molar-refractivity contribution in [3.8, 4) is 0 Å². The van der Waals surface area contributed by atoms with Gasteiger partial charge in [0.1, 0.15) is 5.82 Å². The van der Waals surface area contributed by atoms with Crippen molar-refractivity contribution in [1.29, 1.82) is 0 Å². The van der Waals surface area contributed by atoms with Crippen LogP contribution in [0.2, 0.25) is 0 Å². The number of hydrogen-bond donors (Lipinski definition) is 2. The highest BCUT2D eigenvalue weighted by molar-refractivity contribution is 5.06. The maximum Gasteiger partial charge on any atom is 0.255 e. The van der Waals surface area contributed by atoms with Gasteiger partial charge in [-0.1, -0.05) is 13.8 Å². The zero-order valence-electron chi connectivity index (χ0n) is 11.0. The van der Waals surface area contributed by atoms with Crippen LogP contribution in [0.15, 0.2) is 11.0 Å². The zero-order chi connectivity index (χ0) is 13.0. The van der Waals surface area contributed by atoms with Gasteiger partial charge >= 0.3 is 0 Å². The molecule has 0 saturated carbocycles. The Labute approximate surface area is 107 Å². The fourth-order valence-corrected chi connectivity index (χ4v) is 2.02. The highest BCUT2D eigenvalue weighted by Crippen LogP contribution is 2.14. The summed E-state index contributed by atoms with van der Waals surface area (Å²) in [5.41, 5.74) is 0.630. The third-order valence-electron chi connectivity index (χ3n) is 3.07. The number of hydrogen-bond acceptors (Lipinski definition) is 4. The molecule has 1 aromatic heterocycles. The number of H-pyrrole nitrogens is 1. The quantitative estimate of drug-likeness (QED) is 0.819. The maximum absolute atomic E-state index is 11.8. The second-order valence-corrected chi connectivity index (χ2v) is 5.06. The minimum atomic E-state index is -0.0499. The van der Waals surface area contributed by atoms with E-state index in [9.17, 15) is 4.79 Å². The molecule has 2 N–H and O–H groups in total. The molecule has 0 aliphatic carbocycles. The molecule has 1 saturated heterocycles. The molecule has 5 nitrogen and oxygen atoms in total. The van der Waals surface area contributed by atoms with Crippen molar-refractivity contribution in [2.24, 2.45) is 0 Å². The van der Waals surface area contributed by atoms with Crippen LogP contribution in [-0.2, 0) is 17.7 Å². The molecule has 1 aliphatic rings. The number of rotatable bonds is 5. The summed E-state index contributed by atoms with van der Waals surface area (Å²) in [6.45, 7) is 5.48. The third kappa shape index (κ3) is 3.65. The van der Waals surface area contributed by atoms with Gasteiger partial charge < -0.3 is 15.0 Å². The van der Waals surface area contributed by atoms with Crippen molar-refractivity contribution >= 4 is 0 Å². The van der Waals surface area contributed by atoms with E-state index in [4.69, 9.17) is 4.74 Å². The molecule has 5 heteroatoms. The van der Waals surface area contributed by atoms with Gasteiger partial charge in [0.2, 0.25) is 0 Å². The van der Waals surface area contributed by atoms with Crippen molar-refractivity contribution in [2.45, 2.75) is 51.8 Å². The minimum absolute atomic E-state index is 0.0499. The Balaban J connectivity index is 1.98. The average Bonchev–Trinajstić information content (AvgIpc) is 2.80. The number of aromatic nitrogens is 2. The number of aromatic amines is 1. The standard InChI is InChI=1S/C13H21N3O2/c1-9(2)14-7-10-8-15-12(16-13(10)17)6-11-4-3-5-18-11/h8-9,11,14H,3-7H2,1-2H3,(H,15,16,17). The lowest BCUT2D eigenvalue weighted by Gasteiger charge is -2.10. The van der Waals surface area contributed by atoms with Gasteiger partial charge in [0.25, 0.3) is 5.56 Å². The SMILES string of the molecule is CC(C)NCc1cnc(CC2CCCO2)[nH]c1=O. The van der Waals surface area contributed by atoms with E-state index in [-0.39, 0.29) is 11.7 Å². The van der Waals surface area contributed by atoms with Gasteiger partial charge in [0, 0.05) is 37.4 Å². The molecule has 1 aromatic rings. The molecule has 1 unspecified atom stereocenters. The summed E-state index contributed by atoms with van der Waals surface area (Å²) in [6, 6.07) is 0.357. The average molecular weight is 251 g/mol. The molecule has 2 rings (SSSR count). The van der Waals surface area contributed by atoms with Crippen molar-refractivity contribution in [2.75, 3.05) is 6.61 Å². The van der Waals surface area contributed by atoms with Crippen molar-refractivity contribution in [1.82, 2.24) is 15.3 Å². The fourth-order valence-electron chi connectivity index (χ4n) is 2.02. The van der Waals surface area contributed by atoms with Crippen molar-refractivity contribution in [3.05, 3.63) is 27.9 Å². The highest BCUT2D eigenvalue weighted by Gasteiger charge is 2.17. The number of nitrogens with zero attached hydrogens (tertiary/aromatic N) is 1. The van der Waals surface area contributed by atoms with Gasteiger partial charge in [-0.2, -0.15) is 0 Å². The van der Waals surface area contributed by atoms with Gasteiger partial charge in [-0.25, -0.2) is 4.98 Å². The van der Waals surface area contributed by atoms with Crippen LogP contribution in [0.3, 0.4) is 0 Å². The van der Waals surface area contributed by atoms with Crippen molar-refractivity contribution < 1.29 is 4.74 Å². The lowest BCUT2D eigenvalue weighted by Crippen LogP contribution is -2.27. The van der Waals surface area contributed by atoms with E-state index in [1.165, 1.54) is 0 Å². The topological polar surface area (TPSA) is 67.0 Å². The molecular weight excluding hydrogens is 230 g/mol. The Morgan fingerprint density at radius 3 is 3.06 bits per heavy atom. The Bertz CT molecular complexity index is 436. The molecule has 0 radical (unpaired) electrons. The summed E-state index contributed by atoms with van der Waals surface area (Å²) >= 11 is 0. The molecular formula is C13H21N3O2. The highest BCUT2D eigenvalue weighted by atomic mass is 16.5. The van der Waals surface area contributed by atoms with E-state index in [0.29, 0.717) is 24.6 Å². The summed E-state index contributed by atoms with van der Waals surface area (Å²) in [5.74, 6) is 0.722. The van der Waals surface area contributed by atoms with Gasteiger partial charge in [-0.15, -0.1) is 0 Å². The predicted molar refractivity (Wildman–Crippen MR) is 69.5 cm³/mol. The Morgan fingerprint density at radius 2 is 2.44 bits per heavy atom. The second-order valence-electron chi connectivity index (χ2n) is 5.06. The Kier molecular flexibility index (Phi) is 4.49. The first kappa shape index (κ1) is 13.2. The second kappa shape index (κ2) is 6.11. The van der Waals surface area contributed by atoms with E-state index >= 15 is 0 Å². The number of nitrogens with one attached hydrogen (secondary N) is 2. The van der Waals surface area contributed by atoms with E-state index < -0.39 is 0 Å². The van der Waals surface area contributed by atoms with E-state index in [2.05, 4.69) is 15.3 Å². The van der Waals surface area contributed by atoms with Gasteiger partial charge in [0.15, 0.2) is 0 Å². The smallest absolute Gasteiger partial charge is 0.255 e. The van der Waals surface area contributed by atoms with Crippen LogP contribution in [0.5, 0.6) is 0 Å². The molecule has 0 amide bonds. The Hall–Kier alpha value is -1.20. The Morgan fingerprint density at radius 1 is 1.61 bits per heavy atom. The van der Waals surface area contributed by atoms with Crippen molar-refractivity contribution in [3.63, 3.8) is 0 Å². The summed E-state index contributed by atoms with van der Waals surface area (Å²) in [6.07, 6.45) is 4.74. The first-order chi connectivity index (χ1) is 8.65. The molecule has 0 aromatic carbocycles. The van der Waals surface area contributed by atoms with E-state index in [1.54, 1.807) is 6.20 Å². The number of ether oxygens (including phenoxy) is 1. The van der Waals surface area contributed by atoms with Crippen LogP contribution in [0.4, 0.5) is 0 Å². The van der Waals surface area contributed by atoms with Crippen LogP contribution >= 0.6 is 0 Å². The first-order valence-electron chi connectivity index (χ1n) is 6.57. The lowest BCUT2D eigenvalue weighted by molar-refractivity contribution is 0.110. The van der Waals surface area contributed by atoms with Crippen LogP contribution in [0.25, 0.3) is 0 Å². The van der Waals surface area contributed by atoms with E-state index in [0.717, 1.165) is 25.3 Å². The summed E-state index contributed by atoms with van der Waals surface area (Å²) in [5, 5.41) is 3.21. The molecule has 0 spiro atoms. The first-order valence-corrected chi connectivity index (χ1v) is 6.57. The van der Waals surface area contributed by atoms with Gasteiger partial charge in [0.05, 0.1) is 6.10 Å². The molecule has 2 heterocycles. The molecule has 100 valence electrons. The van der Waals surface area contributed by atoms with Gasteiger partial charge in [-0.3, -0.25) is 4.79 Å². The summed E-state index contributed by atoms with van der Waals surface area (Å²) in [4.78, 5) is 19.0. The normalized spacial score (nSPS) is 19.6. The van der Waals surface area contributed by atoms with Gasteiger partial charge in [-0.05, 0) is 12.8 Å². The third-order valence-corrected chi connectivity index (χ3v) is 3.07. The molecule has 1 atom stereocenters. The van der Waals surface area contributed by atoms with Crippen LogP contribution in [0, 0.1) is 0 Å². The molecule has 0 bridgehead atoms. The lowest BCUT2D eigenvalue weighted by atomic mass is 10.2. The summed E-state index contributed by atoms with van der Waals surface area (Å²) < 4.78 is 5.53. The van der Waals surface area contributed by atoms with E-state index in [1.807, 2.05) is 13.8 Å². The summed E-state index contributed by atoms with van der Waals surface area (Å²) in [7, 11) is 0. The minimum Gasteiger partial charge on any atom is -0.378 e. The zero-order valence-corrected chi connectivity index (χ0v) is 11.0. The predicted octanol–water partition coefficient (Wildman–Crippen LogP) is 0.989. The monoisotopic (exact) mass is 251 g/mol. The van der Waals surface area contributed by atoms with Crippen LogP contribution in [-0.4, -0.2) is 28.7 Å². The van der Waals surface area contributed by atoms with Crippen LogP contribution in [0.1, 0.15) is 38.1 Å². The fraction of sp³-hybridized carbons (Fsp3) is 0.692. The maximum atomic E-state index is 11.8. The largest absolute Gasteiger partial charge is 0.378 e. The molecule has 1 aliphatic heterocycles. The van der Waals surface area contributed by atoms with Crippen LogP contribution < -0.4 is 10.9 Å². The molecule has 1 fully saturated rings.